The van der Waals surface area contributed by atoms with Gasteiger partial charge >= 0.3 is 0 Å². The first-order valence-corrected chi connectivity index (χ1v) is 11.4. The van der Waals surface area contributed by atoms with Crippen LogP contribution in [0.3, 0.4) is 0 Å². The molecule has 1 saturated heterocycles. The fourth-order valence-electron chi connectivity index (χ4n) is 4.68. The van der Waals surface area contributed by atoms with E-state index < -0.39 is 0 Å². The van der Waals surface area contributed by atoms with E-state index in [1.165, 1.54) is 10.4 Å². The van der Waals surface area contributed by atoms with Crippen molar-refractivity contribution in [3.63, 3.8) is 0 Å². The lowest BCUT2D eigenvalue weighted by atomic mass is 9.91. The van der Waals surface area contributed by atoms with Crippen LogP contribution in [0, 0.1) is 5.92 Å². The lowest BCUT2D eigenvalue weighted by molar-refractivity contribution is -0.137. The number of anilines is 1. The summed E-state index contributed by atoms with van der Waals surface area (Å²) in [5, 5.41) is 2.11. The quantitative estimate of drug-likeness (QED) is 0.618. The summed E-state index contributed by atoms with van der Waals surface area (Å²) in [6, 6.07) is 19.7. The van der Waals surface area contributed by atoms with E-state index in [9.17, 15) is 9.59 Å². The van der Waals surface area contributed by atoms with Gasteiger partial charge in [0.1, 0.15) is 5.75 Å². The monoisotopic (exact) mass is 432 g/mol. The normalized spacial score (nSPS) is 20.6. The Morgan fingerprint density at radius 3 is 2.74 bits per heavy atom. The van der Waals surface area contributed by atoms with E-state index in [2.05, 4.69) is 23.6 Å². The summed E-state index contributed by atoms with van der Waals surface area (Å²) >= 11 is 1.76. The Morgan fingerprint density at radius 1 is 1.10 bits per heavy atom. The molecule has 2 aromatic carbocycles. The zero-order valence-electron chi connectivity index (χ0n) is 17.4. The predicted octanol–water partition coefficient (Wildman–Crippen LogP) is 4.28. The van der Waals surface area contributed by atoms with E-state index in [0.29, 0.717) is 18.8 Å². The Bertz CT molecular complexity index is 1110. The van der Waals surface area contributed by atoms with Crippen LogP contribution in [0.1, 0.15) is 28.5 Å². The number of carbonyl (C=O) groups excluding carboxylic acids is 2. The number of benzene rings is 2. The molecule has 2 aliphatic rings. The van der Waals surface area contributed by atoms with Crippen LogP contribution >= 0.6 is 11.3 Å². The zero-order chi connectivity index (χ0) is 21.4. The van der Waals surface area contributed by atoms with Crippen molar-refractivity contribution in [3.8, 4) is 5.75 Å². The molecule has 5 nitrogen and oxygen atoms in total. The molecule has 0 unspecified atom stereocenters. The maximum Gasteiger partial charge on any atom is 0.228 e. The van der Waals surface area contributed by atoms with Crippen LogP contribution in [0.5, 0.6) is 5.75 Å². The van der Waals surface area contributed by atoms with Gasteiger partial charge in [0, 0.05) is 36.1 Å². The number of nitrogens with zero attached hydrogens (tertiary/aromatic N) is 2. The third-order valence-electron chi connectivity index (χ3n) is 6.20. The highest BCUT2D eigenvalue weighted by atomic mass is 32.1. The van der Waals surface area contributed by atoms with Gasteiger partial charge in [-0.05, 0) is 41.1 Å². The Labute approximate surface area is 185 Å². The molecule has 1 aromatic heterocycles. The zero-order valence-corrected chi connectivity index (χ0v) is 18.2. The van der Waals surface area contributed by atoms with Crippen molar-refractivity contribution in [1.82, 2.24) is 4.90 Å². The molecule has 0 bridgehead atoms. The second-order valence-electron chi connectivity index (χ2n) is 8.00. The van der Waals surface area contributed by atoms with Gasteiger partial charge in [-0.3, -0.25) is 9.59 Å². The predicted molar refractivity (Wildman–Crippen MR) is 121 cm³/mol. The number of amides is 2. The molecule has 0 saturated carbocycles. The van der Waals surface area contributed by atoms with Gasteiger partial charge in [0.25, 0.3) is 0 Å². The molecule has 0 spiro atoms. The van der Waals surface area contributed by atoms with Gasteiger partial charge in [0.15, 0.2) is 0 Å². The average Bonchev–Trinajstić information content (AvgIpc) is 3.45. The topological polar surface area (TPSA) is 49.9 Å². The molecule has 158 valence electrons. The second-order valence-corrected chi connectivity index (χ2v) is 9.00. The SMILES string of the molecule is COc1cccc(N2C[C@@H](C(=O)N3CCc4sccc4[C@H]3c3ccccc3)CC2=O)c1. The number of fused-ring (bicyclic) bond motifs is 1. The van der Waals surface area contributed by atoms with Crippen LogP contribution in [-0.4, -0.2) is 36.9 Å². The number of hydrogen-bond donors (Lipinski definition) is 0. The number of thiophene rings is 1. The minimum absolute atomic E-state index is 0.0175. The summed E-state index contributed by atoms with van der Waals surface area (Å²) < 4.78 is 5.30. The van der Waals surface area contributed by atoms with Crippen LogP contribution in [-0.2, 0) is 16.0 Å². The minimum Gasteiger partial charge on any atom is -0.497 e. The molecule has 0 N–H and O–H groups in total. The maximum absolute atomic E-state index is 13.7. The molecule has 2 aliphatic heterocycles. The van der Waals surface area contributed by atoms with Crippen LogP contribution < -0.4 is 9.64 Å². The molecule has 2 amide bonds. The molecule has 1 fully saturated rings. The molecular weight excluding hydrogens is 408 g/mol. The fourth-order valence-corrected chi connectivity index (χ4v) is 5.59. The van der Waals surface area contributed by atoms with Crippen LogP contribution in [0.25, 0.3) is 0 Å². The first-order chi connectivity index (χ1) is 15.2. The highest BCUT2D eigenvalue weighted by Gasteiger charge is 2.41. The third kappa shape index (κ3) is 3.61. The van der Waals surface area contributed by atoms with E-state index in [0.717, 1.165) is 17.7 Å². The third-order valence-corrected chi connectivity index (χ3v) is 7.20. The molecule has 0 radical (unpaired) electrons. The highest BCUT2D eigenvalue weighted by molar-refractivity contribution is 7.10. The van der Waals surface area contributed by atoms with Crippen LogP contribution in [0.4, 0.5) is 5.69 Å². The van der Waals surface area contributed by atoms with E-state index in [1.54, 1.807) is 23.3 Å². The second kappa shape index (κ2) is 8.19. The van der Waals surface area contributed by atoms with Gasteiger partial charge in [-0.1, -0.05) is 36.4 Å². The Balaban J connectivity index is 1.42. The van der Waals surface area contributed by atoms with Crippen molar-refractivity contribution in [2.24, 2.45) is 5.92 Å². The van der Waals surface area contributed by atoms with Crippen molar-refractivity contribution in [2.45, 2.75) is 18.9 Å². The smallest absolute Gasteiger partial charge is 0.228 e. The van der Waals surface area contributed by atoms with Gasteiger partial charge in [-0.2, -0.15) is 0 Å². The molecular formula is C25H24N2O3S. The fraction of sp³-hybridized carbons (Fsp3) is 0.280. The van der Waals surface area contributed by atoms with E-state index in [1.807, 2.05) is 47.4 Å². The Hall–Kier alpha value is -3.12. The molecule has 3 heterocycles. The van der Waals surface area contributed by atoms with Gasteiger partial charge < -0.3 is 14.5 Å². The van der Waals surface area contributed by atoms with Crippen molar-refractivity contribution < 1.29 is 14.3 Å². The molecule has 5 rings (SSSR count). The summed E-state index contributed by atoms with van der Waals surface area (Å²) in [5.41, 5.74) is 3.10. The summed E-state index contributed by atoms with van der Waals surface area (Å²) in [6.07, 6.45) is 1.10. The van der Waals surface area contributed by atoms with Crippen LogP contribution in [0.2, 0.25) is 0 Å². The first kappa shape index (κ1) is 19.8. The molecule has 2 atom stereocenters. The van der Waals surface area contributed by atoms with Crippen LogP contribution in [0.15, 0.2) is 66.0 Å². The molecule has 3 aromatic rings. The van der Waals surface area contributed by atoms with E-state index in [-0.39, 0.29) is 30.2 Å². The average molecular weight is 433 g/mol. The highest BCUT2D eigenvalue weighted by Crippen LogP contribution is 2.39. The van der Waals surface area contributed by atoms with E-state index >= 15 is 0 Å². The lowest BCUT2D eigenvalue weighted by Gasteiger charge is -2.37. The standard InChI is InChI=1S/C25H24N2O3S/c1-30-20-9-5-8-19(15-20)27-16-18(14-23(27)28)25(29)26-12-10-22-21(11-13-31-22)24(26)17-6-3-2-4-7-17/h2-9,11,13,15,18,24H,10,12,14,16H2,1H3/t18-,24+/m0/s1. The van der Waals surface area contributed by atoms with Crippen molar-refractivity contribution in [1.29, 1.82) is 0 Å². The number of carbonyl (C=O) groups is 2. The first-order valence-electron chi connectivity index (χ1n) is 10.5. The maximum atomic E-state index is 13.7. The van der Waals surface area contributed by atoms with Crippen molar-refractivity contribution >= 4 is 28.8 Å². The lowest BCUT2D eigenvalue weighted by Crippen LogP contribution is -2.43. The molecule has 31 heavy (non-hydrogen) atoms. The van der Waals surface area contributed by atoms with Crippen molar-refractivity contribution in [3.05, 3.63) is 82.0 Å². The summed E-state index contributed by atoms with van der Waals surface area (Å²) in [4.78, 5) is 31.5. The largest absolute Gasteiger partial charge is 0.497 e. The van der Waals surface area contributed by atoms with Crippen molar-refractivity contribution in [2.75, 3.05) is 25.1 Å². The van der Waals surface area contributed by atoms with Gasteiger partial charge in [0.05, 0.1) is 19.1 Å². The summed E-state index contributed by atoms with van der Waals surface area (Å²) in [6.45, 7) is 1.08. The summed E-state index contributed by atoms with van der Waals surface area (Å²) in [5.74, 6) is 0.399. The van der Waals surface area contributed by atoms with E-state index in [4.69, 9.17) is 4.74 Å². The van der Waals surface area contributed by atoms with Gasteiger partial charge in [-0.25, -0.2) is 0 Å². The number of hydrogen-bond acceptors (Lipinski definition) is 4. The number of ether oxygens (including phenoxy) is 1. The minimum atomic E-state index is -0.343. The number of methoxy groups -OCH3 is 1. The Morgan fingerprint density at radius 2 is 1.94 bits per heavy atom. The Kier molecular flexibility index (Phi) is 5.24. The molecule has 0 aliphatic carbocycles. The number of rotatable bonds is 4. The molecule has 6 heteroatoms. The van der Waals surface area contributed by atoms with Gasteiger partial charge in [-0.15, -0.1) is 11.3 Å². The summed E-state index contributed by atoms with van der Waals surface area (Å²) in [7, 11) is 1.61. The van der Waals surface area contributed by atoms with Gasteiger partial charge in [0.2, 0.25) is 11.8 Å².